The second-order valence-corrected chi connectivity index (χ2v) is 6.80. The average Bonchev–Trinajstić information content (AvgIpc) is 3.28. The van der Waals surface area contributed by atoms with E-state index in [0.29, 0.717) is 34.0 Å². The van der Waals surface area contributed by atoms with Crippen molar-refractivity contribution in [2.75, 3.05) is 5.84 Å². The van der Waals surface area contributed by atoms with Crippen molar-refractivity contribution in [1.29, 1.82) is 0 Å². The van der Waals surface area contributed by atoms with Crippen LogP contribution in [0.3, 0.4) is 0 Å². The Morgan fingerprint density at radius 2 is 1.74 bits per heavy atom. The molecule has 9 heteroatoms. The fraction of sp³-hybridized carbons (Fsp3) is 0.111. The standard InChI is InChI=1S/C18H15FN6OS/c1-11-2-4-12(5-3-11)16-22-23-18(25(16)20)27-10-15-21-17(26-24-15)13-6-8-14(19)9-7-13/h2-9H,10,20H2,1H3. The molecule has 2 N–H and O–H groups in total. The molecule has 7 nitrogen and oxygen atoms in total. The lowest BCUT2D eigenvalue weighted by Crippen LogP contribution is -2.11. The van der Waals surface area contributed by atoms with Gasteiger partial charge in [0.1, 0.15) is 5.82 Å². The van der Waals surface area contributed by atoms with Crippen LogP contribution in [0.4, 0.5) is 4.39 Å². The van der Waals surface area contributed by atoms with Crippen LogP contribution in [0.25, 0.3) is 22.8 Å². The summed E-state index contributed by atoms with van der Waals surface area (Å²) in [7, 11) is 0. The first-order valence-electron chi connectivity index (χ1n) is 8.09. The fourth-order valence-electron chi connectivity index (χ4n) is 2.43. The molecule has 2 aromatic heterocycles. The Labute approximate surface area is 158 Å². The van der Waals surface area contributed by atoms with Gasteiger partial charge in [-0.05, 0) is 31.2 Å². The van der Waals surface area contributed by atoms with Crippen LogP contribution in [0, 0.1) is 12.7 Å². The number of nitrogens with zero attached hydrogens (tertiary/aromatic N) is 5. The summed E-state index contributed by atoms with van der Waals surface area (Å²) in [6, 6.07) is 13.8. The van der Waals surface area contributed by atoms with Gasteiger partial charge in [0.05, 0.1) is 5.75 Å². The number of thioether (sulfide) groups is 1. The maximum Gasteiger partial charge on any atom is 0.257 e. The summed E-state index contributed by atoms with van der Waals surface area (Å²) in [6.07, 6.45) is 0. The zero-order valence-corrected chi connectivity index (χ0v) is 15.2. The topological polar surface area (TPSA) is 95.6 Å². The SMILES string of the molecule is Cc1ccc(-c2nnc(SCc3noc(-c4ccc(F)cc4)n3)n2N)cc1. The molecule has 0 spiro atoms. The maximum absolute atomic E-state index is 13.0. The molecule has 0 fully saturated rings. The zero-order valence-electron chi connectivity index (χ0n) is 14.3. The summed E-state index contributed by atoms with van der Waals surface area (Å²) in [6.45, 7) is 2.02. The molecule has 2 heterocycles. The van der Waals surface area contributed by atoms with Crippen molar-refractivity contribution in [3.8, 4) is 22.8 Å². The number of benzene rings is 2. The highest BCUT2D eigenvalue weighted by atomic mass is 32.2. The number of hydrogen-bond acceptors (Lipinski definition) is 7. The summed E-state index contributed by atoms with van der Waals surface area (Å²) in [5, 5.41) is 12.8. The van der Waals surface area contributed by atoms with Gasteiger partial charge in [-0.2, -0.15) is 4.98 Å². The number of aryl methyl sites for hydroxylation is 1. The van der Waals surface area contributed by atoms with E-state index in [1.54, 1.807) is 12.1 Å². The van der Waals surface area contributed by atoms with Crippen LogP contribution in [-0.2, 0) is 5.75 Å². The van der Waals surface area contributed by atoms with Gasteiger partial charge < -0.3 is 10.4 Å². The van der Waals surface area contributed by atoms with E-state index in [9.17, 15) is 4.39 Å². The Morgan fingerprint density at radius 1 is 1.04 bits per heavy atom. The van der Waals surface area contributed by atoms with Gasteiger partial charge in [0.2, 0.25) is 5.16 Å². The Kier molecular flexibility index (Phi) is 4.59. The minimum absolute atomic E-state index is 0.319. The van der Waals surface area contributed by atoms with Gasteiger partial charge in [-0.15, -0.1) is 10.2 Å². The number of aromatic nitrogens is 5. The molecule has 27 heavy (non-hydrogen) atoms. The Bertz CT molecular complexity index is 1060. The molecule has 0 saturated carbocycles. The molecule has 0 aliphatic rings. The van der Waals surface area contributed by atoms with E-state index >= 15 is 0 Å². The third kappa shape index (κ3) is 3.68. The molecular weight excluding hydrogens is 367 g/mol. The molecule has 0 saturated heterocycles. The third-order valence-electron chi connectivity index (χ3n) is 3.86. The molecule has 2 aromatic carbocycles. The van der Waals surface area contributed by atoms with E-state index in [1.165, 1.54) is 28.6 Å². The van der Waals surface area contributed by atoms with Crippen molar-refractivity contribution >= 4 is 11.8 Å². The summed E-state index contributed by atoms with van der Waals surface area (Å²) >= 11 is 1.35. The lowest BCUT2D eigenvalue weighted by Gasteiger charge is -2.03. The van der Waals surface area contributed by atoms with Gasteiger partial charge in [-0.1, -0.05) is 46.7 Å². The highest BCUT2D eigenvalue weighted by Crippen LogP contribution is 2.25. The highest BCUT2D eigenvalue weighted by molar-refractivity contribution is 7.98. The van der Waals surface area contributed by atoms with Crippen LogP contribution in [0.1, 0.15) is 11.4 Å². The molecule has 0 radical (unpaired) electrons. The van der Waals surface area contributed by atoms with Crippen LogP contribution in [-0.4, -0.2) is 25.0 Å². The van der Waals surface area contributed by atoms with Crippen molar-refractivity contribution in [3.63, 3.8) is 0 Å². The average molecular weight is 382 g/mol. The minimum Gasteiger partial charge on any atom is -0.335 e. The van der Waals surface area contributed by atoms with Crippen molar-refractivity contribution in [1.82, 2.24) is 25.0 Å². The number of nitrogens with two attached hydrogens (primary N) is 1. The monoisotopic (exact) mass is 382 g/mol. The van der Waals surface area contributed by atoms with Crippen molar-refractivity contribution in [3.05, 3.63) is 65.7 Å². The van der Waals surface area contributed by atoms with Crippen LogP contribution in [0.15, 0.2) is 58.2 Å². The molecule has 136 valence electrons. The number of rotatable bonds is 5. The zero-order chi connectivity index (χ0) is 18.8. The Morgan fingerprint density at radius 3 is 2.48 bits per heavy atom. The van der Waals surface area contributed by atoms with Crippen molar-refractivity contribution < 1.29 is 8.91 Å². The van der Waals surface area contributed by atoms with Gasteiger partial charge >= 0.3 is 0 Å². The van der Waals surface area contributed by atoms with Gasteiger partial charge in [0, 0.05) is 11.1 Å². The second kappa shape index (κ2) is 7.20. The fourth-order valence-corrected chi connectivity index (χ4v) is 3.13. The molecular formula is C18H15FN6OS. The van der Waals surface area contributed by atoms with Gasteiger partial charge in [-0.3, -0.25) is 0 Å². The van der Waals surface area contributed by atoms with Crippen molar-refractivity contribution in [2.24, 2.45) is 0 Å². The van der Waals surface area contributed by atoms with Crippen LogP contribution in [0.5, 0.6) is 0 Å². The number of hydrogen-bond donors (Lipinski definition) is 1. The van der Waals surface area contributed by atoms with E-state index in [2.05, 4.69) is 20.3 Å². The van der Waals surface area contributed by atoms with Gasteiger partial charge in [0.25, 0.3) is 5.89 Å². The van der Waals surface area contributed by atoms with E-state index in [-0.39, 0.29) is 5.82 Å². The van der Waals surface area contributed by atoms with Crippen LogP contribution >= 0.6 is 11.8 Å². The van der Waals surface area contributed by atoms with E-state index in [1.807, 2.05) is 31.2 Å². The molecule has 0 atom stereocenters. The Hall–Kier alpha value is -3.20. The normalized spacial score (nSPS) is 11.0. The molecule has 0 aliphatic heterocycles. The molecule has 0 bridgehead atoms. The maximum atomic E-state index is 13.0. The number of halogens is 1. The summed E-state index contributed by atoms with van der Waals surface area (Å²) in [4.78, 5) is 4.31. The Balaban J connectivity index is 1.46. The van der Waals surface area contributed by atoms with E-state index in [4.69, 9.17) is 10.4 Å². The van der Waals surface area contributed by atoms with Gasteiger partial charge in [-0.25, -0.2) is 9.07 Å². The van der Waals surface area contributed by atoms with Crippen LogP contribution in [0.2, 0.25) is 0 Å². The summed E-state index contributed by atoms with van der Waals surface area (Å²) in [5.74, 6) is 7.61. The molecule has 0 aliphatic carbocycles. The highest BCUT2D eigenvalue weighted by Gasteiger charge is 2.14. The molecule has 4 aromatic rings. The van der Waals surface area contributed by atoms with E-state index < -0.39 is 0 Å². The van der Waals surface area contributed by atoms with E-state index in [0.717, 1.165) is 11.1 Å². The lowest BCUT2D eigenvalue weighted by molar-refractivity contribution is 0.425. The summed E-state index contributed by atoms with van der Waals surface area (Å²) in [5.41, 5.74) is 2.70. The quantitative estimate of drug-likeness (QED) is 0.417. The van der Waals surface area contributed by atoms with Crippen molar-refractivity contribution in [2.45, 2.75) is 17.8 Å². The predicted octanol–water partition coefficient (Wildman–Crippen LogP) is 3.45. The van der Waals surface area contributed by atoms with Gasteiger partial charge in [0.15, 0.2) is 11.6 Å². The minimum atomic E-state index is -0.319. The first-order chi connectivity index (χ1) is 13.1. The first kappa shape index (κ1) is 17.2. The largest absolute Gasteiger partial charge is 0.335 e. The molecule has 0 amide bonds. The second-order valence-electron chi connectivity index (χ2n) is 5.85. The predicted molar refractivity (Wildman–Crippen MR) is 99.6 cm³/mol. The lowest BCUT2D eigenvalue weighted by atomic mass is 10.1. The smallest absolute Gasteiger partial charge is 0.257 e. The first-order valence-corrected chi connectivity index (χ1v) is 9.07. The molecule has 4 rings (SSSR count). The summed E-state index contributed by atoms with van der Waals surface area (Å²) < 4.78 is 19.7. The van der Waals surface area contributed by atoms with Crippen LogP contribution < -0.4 is 5.84 Å². The number of nitrogen functional groups attached to an aromatic ring is 1. The third-order valence-corrected chi connectivity index (χ3v) is 4.80. The molecule has 0 unspecified atom stereocenters.